The molecule has 16 heavy (non-hydrogen) atoms. The van der Waals surface area contributed by atoms with Gasteiger partial charge in [-0.25, -0.2) is 0 Å². The summed E-state index contributed by atoms with van der Waals surface area (Å²) < 4.78 is 5.48. The lowest BCUT2D eigenvalue weighted by Gasteiger charge is -2.05. The van der Waals surface area contributed by atoms with Crippen molar-refractivity contribution in [2.24, 2.45) is 0 Å². The van der Waals surface area contributed by atoms with Crippen LogP contribution < -0.4 is 4.74 Å². The second-order valence-corrected chi connectivity index (χ2v) is 3.59. The van der Waals surface area contributed by atoms with Crippen molar-refractivity contribution in [1.82, 2.24) is 0 Å². The van der Waals surface area contributed by atoms with Crippen LogP contribution in [0, 0.1) is 6.92 Å². The lowest BCUT2D eigenvalue weighted by atomic mass is 10.1. The van der Waals surface area contributed by atoms with Crippen LogP contribution in [0.5, 0.6) is 5.75 Å². The van der Waals surface area contributed by atoms with Crippen LogP contribution in [0.25, 0.3) is 11.1 Å². The molecular weight excluding hydrogens is 196 g/mol. The molecule has 0 spiro atoms. The van der Waals surface area contributed by atoms with Crippen LogP contribution in [0.3, 0.4) is 0 Å². The summed E-state index contributed by atoms with van der Waals surface area (Å²) in [5, 5.41) is 0. The van der Waals surface area contributed by atoms with Gasteiger partial charge in [0.1, 0.15) is 5.75 Å². The van der Waals surface area contributed by atoms with Gasteiger partial charge in [-0.3, -0.25) is 0 Å². The zero-order valence-corrected chi connectivity index (χ0v) is 9.23. The van der Waals surface area contributed by atoms with Gasteiger partial charge in [-0.1, -0.05) is 42.5 Å². The van der Waals surface area contributed by atoms with Gasteiger partial charge in [0.15, 0.2) is 0 Å². The molecule has 0 amide bonds. The minimum absolute atomic E-state index is 0.671. The highest BCUT2D eigenvalue weighted by Crippen LogP contribution is 2.21. The molecular formula is C15H15O. The van der Waals surface area contributed by atoms with Crippen LogP contribution >= 0.6 is 0 Å². The van der Waals surface area contributed by atoms with Gasteiger partial charge in [0.2, 0.25) is 0 Å². The average molecular weight is 211 g/mol. The van der Waals surface area contributed by atoms with E-state index in [1.807, 2.05) is 30.3 Å². The van der Waals surface area contributed by atoms with Crippen molar-refractivity contribution >= 4 is 0 Å². The molecule has 81 valence electrons. The monoisotopic (exact) mass is 211 g/mol. The molecule has 0 aliphatic carbocycles. The molecule has 1 radical (unpaired) electrons. The first-order chi connectivity index (χ1) is 7.90. The van der Waals surface area contributed by atoms with E-state index in [9.17, 15) is 0 Å². The van der Waals surface area contributed by atoms with Gasteiger partial charge in [-0.15, -0.1) is 0 Å². The molecule has 0 saturated heterocycles. The van der Waals surface area contributed by atoms with Gasteiger partial charge in [0.05, 0.1) is 6.61 Å². The smallest absolute Gasteiger partial charge is 0.119 e. The highest BCUT2D eigenvalue weighted by molar-refractivity contribution is 5.63. The van der Waals surface area contributed by atoms with Crippen molar-refractivity contribution in [3.8, 4) is 16.9 Å². The Bertz CT molecular complexity index is 417. The summed E-state index contributed by atoms with van der Waals surface area (Å²) in [5.41, 5.74) is 2.44. The van der Waals surface area contributed by atoms with Gasteiger partial charge >= 0.3 is 0 Å². The summed E-state index contributed by atoms with van der Waals surface area (Å²) in [6.07, 6.45) is 0.792. The van der Waals surface area contributed by atoms with E-state index in [1.165, 1.54) is 11.1 Å². The number of hydrogen-bond donors (Lipinski definition) is 0. The minimum atomic E-state index is 0.671. The molecule has 1 heteroatoms. The Morgan fingerprint density at radius 2 is 1.44 bits per heavy atom. The molecule has 2 aromatic carbocycles. The molecule has 1 nitrogen and oxygen atoms in total. The van der Waals surface area contributed by atoms with Crippen molar-refractivity contribution < 1.29 is 4.74 Å². The van der Waals surface area contributed by atoms with Gasteiger partial charge < -0.3 is 4.74 Å². The van der Waals surface area contributed by atoms with Crippen LogP contribution in [-0.4, -0.2) is 6.61 Å². The van der Waals surface area contributed by atoms with Gasteiger partial charge in [-0.2, -0.15) is 0 Å². The lowest BCUT2D eigenvalue weighted by Crippen LogP contribution is -1.94. The summed E-state index contributed by atoms with van der Waals surface area (Å²) in [7, 11) is 0. The maximum atomic E-state index is 5.48. The Hall–Kier alpha value is -1.76. The van der Waals surface area contributed by atoms with Crippen LogP contribution in [0.2, 0.25) is 0 Å². The molecule has 0 unspecified atom stereocenters. The summed E-state index contributed by atoms with van der Waals surface area (Å²) in [6.45, 7) is 4.41. The minimum Gasteiger partial charge on any atom is -0.494 e. The molecule has 0 saturated carbocycles. The van der Waals surface area contributed by atoms with Crippen LogP contribution in [0.15, 0.2) is 54.6 Å². The Labute approximate surface area is 96.7 Å². The third kappa shape index (κ3) is 2.63. The summed E-state index contributed by atoms with van der Waals surface area (Å²) >= 11 is 0. The van der Waals surface area contributed by atoms with Crippen LogP contribution in [-0.2, 0) is 0 Å². The van der Waals surface area contributed by atoms with Crippen molar-refractivity contribution in [2.45, 2.75) is 6.42 Å². The summed E-state index contributed by atoms with van der Waals surface area (Å²) in [4.78, 5) is 0. The average Bonchev–Trinajstić information content (AvgIpc) is 2.38. The van der Waals surface area contributed by atoms with Gasteiger partial charge in [0.25, 0.3) is 0 Å². The maximum Gasteiger partial charge on any atom is 0.119 e. The summed E-state index contributed by atoms with van der Waals surface area (Å²) in [5.74, 6) is 0.906. The molecule has 0 bridgehead atoms. The predicted molar refractivity (Wildman–Crippen MR) is 67.3 cm³/mol. The van der Waals surface area contributed by atoms with Crippen molar-refractivity contribution in [1.29, 1.82) is 0 Å². The molecule has 2 aromatic rings. The topological polar surface area (TPSA) is 9.23 Å². The van der Waals surface area contributed by atoms with Crippen LogP contribution in [0.1, 0.15) is 6.42 Å². The Morgan fingerprint density at radius 1 is 0.812 bits per heavy atom. The first kappa shape index (κ1) is 10.7. The van der Waals surface area contributed by atoms with E-state index in [2.05, 4.69) is 31.2 Å². The second kappa shape index (κ2) is 5.36. The number of rotatable bonds is 4. The molecule has 0 heterocycles. The third-order valence-corrected chi connectivity index (χ3v) is 2.37. The van der Waals surface area contributed by atoms with E-state index >= 15 is 0 Å². The quantitative estimate of drug-likeness (QED) is 0.743. The van der Waals surface area contributed by atoms with Gasteiger partial charge in [-0.05, 0) is 36.6 Å². The Morgan fingerprint density at radius 3 is 2.06 bits per heavy atom. The normalized spacial score (nSPS) is 10.1. The molecule has 0 aliphatic rings. The molecule has 0 atom stereocenters. The molecule has 0 aliphatic heterocycles. The first-order valence-electron chi connectivity index (χ1n) is 5.47. The van der Waals surface area contributed by atoms with Crippen molar-refractivity contribution in [3.05, 3.63) is 61.5 Å². The fourth-order valence-electron chi connectivity index (χ4n) is 1.56. The standard InChI is InChI=1S/C15H15O/c1-2-12-16-15-10-8-14(9-11-15)13-6-4-3-5-7-13/h3-11H,1-2,12H2. The molecule has 0 N–H and O–H groups in total. The van der Waals surface area contributed by atoms with Crippen molar-refractivity contribution in [2.75, 3.05) is 6.61 Å². The van der Waals surface area contributed by atoms with E-state index in [1.54, 1.807) is 0 Å². The van der Waals surface area contributed by atoms with E-state index < -0.39 is 0 Å². The molecule has 2 rings (SSSR count). The Kier molecular flexibility index (Phi) is 3.60. The number of hydrogen-bond acceptors (Lipinski definition) is 1. The second-order valence-electron chi connectivity index (χ2n) is 3.59. The van der Waals surface area contributed by atoms with E-state index in [-0.39, 0.29) is 0 Å². The highest BCUT2D eigenvalue weighted by Gasteiger charge is 1.97. The maximum absolute atomic E-state index is 5.48. The fourth-order valence-corrected chi connectivity index (χ4v) is 1.56. The largest absolute Gasteiger partial charge is 0.494 e. The molecule has 0 fully saturated rings. The predicted octanol–water partition coefficient (Wildman–Crippen LogP) is 3.96. The van der Waals surface area contributed by atoms with Crippen molar-refractivity contribution in [3.63, 3.8) is 0 Å². The highest BCUT2D eigenvalue weighted by atomic mass is 16.5. The summed E-state index contributed by atoms with van der Waals surface area (Å²) in [6, 6.07) is 18.5. The Balaban J connectivity index is 2.13. The van der Waals surface area contributed by atoms with E-state index in [0.29, 0.717) is 6.61 Å². The SMILES string of the molecule is [CH2]CCOc1ccc(-c2ccccc2)cc1. The lowest BCUT2D eigenvalue weighted by molar-refractivity contribution is 0.324. The fraction of sp³-hybridized carbons (Fsp3) is 0.133. The van der Waals surface area contributed by atoms with E-state index in [0.717, 1.165) is 12.2 Å². The van der Waals surface area contributed by atoms with E-state index in [4.69, 9.17) is 4.74 Å². The number of ether oxygens (including phenoxy) is 1. The third-order valence-electron chi connectivity index (χ3n) is 2.37. The molecule has 0 aromatic heterocycles. The van der Waals surface area contributed by atoms with Gasteiger partial charge in [0, 0.05) is 0 Å². The number of benzene rings is 2. The van der Waals surface area contributed by atoms with Crippen LogP contribution in [0.4, 0.5) is 0 Å². The zero-order valence-electron chi connectivity index (χ0n) is 9.23. The zero-order chi connectivity index (χ0) is 11.2. The first-order valence-corrected chi connectivity index (χ1v) is 5.47.